The largest absolute Gasteiger partial charge is 0.397 e. The van der Waals surface area contributed by atoms with Crippen molar-refractivity contribution in [1.82, 2.24) is 9.97 Å². The molecule has 0 saturated carbocycles. The van der Waals surface area contributed by atoms with Crippen LogP contribution in [0.4, 0.5) is 11.4 Å². The molecule has 0 radical (unpaired) electrons. The maximum atomic E-state index is 5.83. The highest BCUT2D eigenvalue weighted by molar-refractivity contribution is 7.78. The van der Waals surface area contributed by atoms with Gasteiger partial charge in [-0.1, -0.05) is 0 Å². The van der Waals surface area contributed by atoms with E-state index < -0.39 is 0 Å². The number of nitrogen functional groups attached to an aromatic ring is 1. The number of aromatic nitrogens is 2. The molecule has 0 aliphatic carbocycles. The molecule has 2 rings (SSSR count). The lowest BCUT2D eigenvalue weighted by Crippen LogP contribution is -1.94. The standard InChI is InChI=1S/C11H8N4S/c12-8-3-1-5-13-10(8)11-9(15-7-16)4-2-6-14-11/h1-6H,12H2. The van der Waals surface area contributed by atoms with E-state index in [1.54, 1.807) is 36.7 Å². The molecule has 0 unspecified atom stereocenters. The molecule has 4 nitrogen and oxygen atoms in total. The van der Waals surface area contributed by atoms with E-state index in [1.807, 2.05) is 0 Å². The highest BCUT2D eigenvalue weighted by Crippen LogP contribution is 2.29. The number of anilines is 1. The van der Waals surface area contributed by atoms with Crippen LogP contribution >= 0.6 is 12.2 Å². The predicted octanol–water partition coefficient (Wildman–Crippen LogP) is 2.46. The molecule has 0 spiro atoms. The van der Waals surface area contributed by atoms with Crippen LogP contribution in [0.1, 0.15) is 0 Å². The van der Waals surface area contributed by atoms with Crippen molar-refractivity contribution < 1.29 is 0 Å². The van der Waals surface area contributed by atoms with Crippen LogP contribution in [-0.2, 0) is 0 Å². The van der Waals surface area contributed by atoms with Gasteiger partial charge in [-0.05, 0) is 36.5 Å². The number of aliphatic imine (C=N–C) groups is 1. The lowest BCUT2D eigenvalue weighted by atomic mass is 10.2. The second-order valence-electron chi connectivity index (χ2n) is 3.02. The Bertz CT molecular complexity index is 561. The fraction of sp³-hybridized carbons (Fsp3) is 0. The van der Waals surface area contributed by atoms with Crippen molar-refractivity contribution in [2.24, 2.45) is 4.99 Å². The molecule has 78 valence electrons. The van der Waals surface area contributed by atoms with E-state index in [4.69, 9.17) is 5.73 Å². The number of thiocarbonyl (C=S) groups is 1. The van der Waals surface area contributed by atoms with Crippen molar-refractivity contribution in [3.63, 3.8) is 0 Å². The van der Waals surface area contributed by atoms with Gasteiger partial charge in [0.15, 0.2) is 0 Å². The minimum atomic E-state index is 0.557. The molecule has 0 fully saturated rings. The maximum Gasteiger partial charge on any atom is 0.117 e. The fourth-order valence-corrected chi connectivity index (χ4v) is 1.43. The number of pyridine rings is 2. The van der Waals surface area contributed by atoms with Crippen molar-refractivity contribution >= 4 is 28.8 Å². The van der Waals surface area contributed by atoms with Gasteiger partial charge in [-0.25, -0.2) is 0 Å². The van der Waals surface area contributed by atoms with Gasteiger partial charge in [0.25, 0.3) is 0 Å². The van der Waals surface area contributed by atoms with Crippen LogP contribution in [0.15, 0.2) is 41.7 Å². The summed E-state index contributed by atoms with van der Waals surface area (Å²) in [6.07, 6.45) is 3.32. The lowest BCUT2D eigenvalue weighted by Gasteiger charge is -2.04. The number of rotatable bonds is 2. The minimum Gasteiger partial charge on any atom is -0.397 e. The van der Waals surface area contributed by atoms with Gasteiger partial charge in [-0.2, -0.15) is 4.99 Å². The van der Waals surface area contributed by atoms with Crippen LogP contribution in [0.3, 0.4) is 0 Å². The summed E-state index contributed by atoms with van der Waals surface area (Å²) in [6, 6.07) is 7.09. The summed E-state index contributed by atoms with van der Waals surface area (Å²) in [6.45, 7) is 0. The van der Waals surface area contributed by atoms with Crippen LogP contribution in [0.2, 0.25) is 0 Å². The molecule has 2 N–H and O–H groups in total. The topological polar surface area (TPSA) is 64.2 Å². The van der Waals surface area contributed by atoms with E-state index >= 15 is 0 Å². The van der Waals surface area contributed by atoms with Gasteiger partial charge in [-0.3, -0.25) is 9.97 Å². The molecule has 16 heavy (non-hydrogen) atoms. The van der Waals surface area contributed by atoms with Crippen molar-refractivity contribution in [2.45, 2.75) is 0 Å². The Morgan fingerprint density at radius 3 is 2.50 bits per heavy atom. The summed E-state index contributed by atoms with van der Waals surface area (Å²) in [7, 11) is 0. The third kappa shape index (κ3) is 1.95. The summed E-state index contributed by atoms with van der Waals surface area (Å²) >= 11 is 4.58. The first-order valence-corrected chi connectivity index (χ1v) is 4.97. The number of hydrogen-bond acceptors (Lipinski definition) is 5. The van der Waals surface area contributed by atoms with E-state index in [0.29, 0.717) is 22.8 Å². The van der Waals surface area contributed by atoms with Crippen LogP contribution in [0.5, 0.6) is 0 Å². The molecular weight excluding hydrogens is 220 g/mol. The second-order valence-corrected chi connectivity index (χ2v) is 3.20. The van der Waals surface area contributed by atoms with E-state index in [9.17, 15) is 0 Å². The Kier molecular flexibility index (Phi) is 3.00. The molecule has 0 aliphatic rings. The van der Waals surface area contributed by atoms with Crippen LogP contribution in [0.25, 0.3) is 11.4 Å². The summed E-state index contributed by atoms with van der Waals surface area (Å²) in [5.74, 6) is 0. The van der Waals surface area contributed by atoms with Crippen LogP contribution in [0, 0.1) is 0 Å². The zero-order valence-corrected chi connectivity index (χ0v) is 9.11. The summed E-state index contributed by atoms with van der Waals surface area (Å²) in [4.78, 5) is 12.3. The van der Waals surface area contributed by atoms with Gasteiger partial charge in [0.2, 0.25) is 0 Å². The lowest BCUT2D eigenvalue weighted by molar-refractivity contribution is 1.24. The van der Waals surface area contributed by atoms with Crippen molar-refractivity contribution in [3.8, 4) is 11.4 Å². The molecule has 2 aromatic rings. The van der Waals surface area contributed by atoms with Gasteiger partial charge in [0.1, 0.15) is 17.1 Å². The smallest absolute Gasteiger partial charge is 0.117 e. The number of nitrogens with two attached hydrogens (primary N) is 1. The highest BCUT2D eigenvalue weighted by atomic mass is 32.1. The monoisotopic (exact) mass is 228 g/mol. The average molecular weight is 228 g/mol. The van der Waals surface area contributed by atoms with Crippen molar-refractivity contribution in [3.05, 3.63) is 36.7 Å². The van der Waals surface area contributed by atoms with E-state index in [-0.39, 0.29) is 0 Å². The minimum absolute atomic E-state index is 0.557. The van der Waals surface area contributed by atoms with Crippen molar-refractivity contribution in [1.29, 1.82) is 0 Å². The van der Waals surface area contributed by atoms with Gasteiger partial charge in [-0.15, -0.1) is 0 Å². The van der Waals surface area contributed by atoms with E-state index in [2.05, 4.69) is 32.3 Å². The van der Waals surface area contributed by atoms with Crippen LogP contribution < -0.4 is 5.73 Å². The Labute approximate surface area is 97.9 Å². The fourth-order valence-electron chi connectivity index (χ4n) is 1.33. The third-order valence-corrected chi connectivity index (χ3v) is 2.11. The second kappa shape index (κ2) is 4.61. The molecule has 5 heteroatoms. The first kappa shape index (κ1) is 10.4. The molecule has 0 saturated heterocycles. The number of nitrogens with zero attached hydrogens (tertiary/aromatic N) is 3. The summed E-state index contributed by atoms with van der Waals surface area (Å²) in [5, 5.41) is 2.31. The first-order valence-electron chi connectivity index (χ1n) is 4.56. The number of isothiocyanates is 1. The molecule has 2 aromatic heterocycles. The Hall–Kier alpha value is -2.10. The van der Waals surface area contributed by atoms with Gasteiger partial charge in [0, 0.05) is 12.4 Å². The van der Waals surface area contributed by atoms with E-state index in [1.165, 1.54) is 0 Å². The van der Waals surface area contributed by atoms with Crippen LogP contribution in [-0.4, -0.2) is 15.1 Å². The Morgan fingerprint density at radius 2 is 1.81 bits per heavy atom. The Morgan fingerprint density at radius 1 is 1.12 bits per heavy atom. The highest BCUT2D eigenvalue weighted by Gasteiger charge is 2.09. The summed E-state index contributed by atoms with van der Waals surface area (Å²) < 4.78 is 0. The average Bonchev–Trinajstić information content (AvgIpc) is 2.31. The SMILES string of the molecule is Nc1cccnc1-c1ncccc1N=C=S. The van der Waals surface area contributed by atoms with Crippen molar-refractivity contribution in [2.75, 3.05) is 5.73 Å². The zero-order valence-electron chi connectivity index (χ0n) is 8.29. The predicted molar refractivity (Wildman–Crippen MR) is 66.6 cm³/mol. The molecular formula is C11H8N4S. The van der Waals surface area contributed by atoms with E-state index in [0.717, 1.165) is 0 Å². The molecule has 0 aliphatic heterocycles. The number of hydrogen-bond donors (Lipinski definition) is 1. The molecule has 0 amide bonds. The molecule has 2 heterocycles. The van der Waals surface area contributed by atoms with Gasteiger partial charge >= 0.3 is 0 Å². The quantitative estimate of drug-likeness (QED) is 0.633. The first-order chi connectivity index (χ1) is 7.83. The molecule has 0 aromatic carbocycles. The zero-order chi connectivity index (χ0) is 11.4. The maximum absolute atomic E-state index is 5.83. The molecule has 0 bridgehead atoms. The summed E-state index contributed by atoms with van der Waals surface area (Å²) in [5.41, 5.74) is 8.21. The van der Waals surface area contributed by atoms with Gasteiger partial charge in [0.05, 0.1) is 10.8 Å². The normalized spacial score (nSPS) is 9.50. The molecule has 0 atom stereocenters. The Balaban J connectivity index is 2.64. The third-order valence-electron chi connectivity index (χ3n) is 2.02. The van der Waals surface area contributed by atoms with Gasteiger partial charge < -0.3 is 5.73 Å².